The quantitative estimate of drug-likeness (QED) is 0.689. The first-order valence-corrected chi connectivity index (χ1v) is 10.9. The molecule has 0 bridgehead atoms. The maximum absolute atomic E-state index is 12.2. The van der Waals surface area contributed by atoms with Gasteiger partial charge in [-0.1, -0.05) is 36.2 Å². The Morgan fingerprint density at radius 1 is 1.18 bits per heavy atom. The predicted molar refractivity (Wildman–Crippen MR) is 114 cm³/mol. The minimum absolute atomic E-state index is 0.0184. The summed E-state index contributed by atoms with van der Waals surface area (Å²) in [6.07, 6.45) is 1.35. The summed E-state index contributed by atoms with van der Waals surface area (Å²) < 4.78 is 0. The van der Waals surface area contributed by atoms with Gasteiger partial charge in [0, 0.05) is 30.9 Å². The average Bonchev–Trinajstić information content (AvgIpc) is 3.16. The monoisotopic (exact) mass is 439 g/mol. The fourth-order valence-electron chi connectivity index (χ4n) is 3.29. The van der Waals surface area contributed by atoms with Crippen LogP contribution in [-0.2, 0) is 22.6 Å². The first kappa shape index (κ1) is 21.1. The molecule has 0 spiro atoms. The largest absolute Gasteiger partial charge is 0.353 e. The average molecular weight is 440 g/mol. The fraction of sp³-hybridized carbons (Fsp3) is 0.400. The van der Waals surface area contributed by atoms with Gasteiger partial charge in [-0.25, -0.2) is 0 Å². The van der Waals surface area contributed by atoms with Crippen molar-refractivity contribution in [3.63, 3.8) is 0 Å². The van der Waals surface area contributed by atoms with E-state index in [-0.39, 0.29) is 24.4 Å². The van der Waals surface area contributed by atoms with E-state index in [9.17, 15) is 9.59 Å². The van der Waals surface area contributed by atoms with Crippen molar-refractivity contribution < 1.29 is 9.59 Å². The Morgan fingerprint density at radius 3 is 2.75 bits per heavy atom. The second kappa shape index (κ2) is 9.74. The van der Waals surface area contributed by atoms with E-state index in [4.69, 9.17) is 23.2 Å². The molecule has 1 aliphatic heterocycles. The lowest BCUT2D eigenvalue weighted by atomic mass is 10.0. The molecule has 0 saturated carbocycles. The minimum atomic E-state index is -0.208. The van der Waals surface area contributed by atoms with Gasteiger partial charge in [0.15, 0.2) is 0 Å². The molecule has 1 unspecified atom stereocenters. The lowest BCUT2D eigenvalue weighted by molar-refractivity contribution is -0.126. The summed E-state index contributed by atoms with van der Waals surface area (Å²) in [6.45, 7) is 3.89. The Morgan fingerprint density at radius 2 is 2.00 bits per heavy atom. The summed E-state index contributed by atoms with van der Waals surface area (Å²) in [7, 11) is 0. The van der Waals surface area contributed by atoms with Crippen molar-refractivity contribution in [3.05, 3.63) is 55.7 Å². The lowest BCUT2D eigenvalue weighted by Crippen LogP contribution is -2.43. The predicted octanol–water partition coefficient (Wildman–Crippen LogP) is 3.80. The Kier molecular flexibility index (Phi) is 7.35. The number of nitrogens with zero attached hydrogens (tertiary/aromatic N) is 1. The molecule has 5 nitrogen and oxygen atoms in total. The standard InChI is InChI=1S/C20H23Cl2N3O2S/c1-2-19(26)24-11-20(27)23-10-17(13-3-4-15(21)16(22)9-13)25-7-5-18-14(12-25)6-8-28-18/h3-4,6,8-9,17H,2,5,7,10-12H2,1H3,(H,23,27)(H,24,26). The van der Waals surface area contributed by atoms with Gasteiger partial charge < -0.3 is 10.6 Å². The number of thiophene rings is 1. The van der Waals surface area contributed by atoms with Gasteiger partial charge in [-0.15, -0.1) is 11.3 Å². The number of amides is 2. The van der Waals surface area contributed by atoms with Crippen molar-refractivity contribution in [2.75, 3.05) is 19.6 Å². The van der Waals surface area contributed by atoms with Crippen LogP contribution in [0.1, 0.15) is 35.4 Å². The van der Waals surface area contributed by atoms with E-state index in [1.165, 1.54) is 10.4 Å². The van der Waals surface area contributed by atoms with E-state index in [1.807, 2.05) is 12.1 Å². The van der Waals surface area contributed by atoms with Crippen LogP contribution in [0.4, 0.5) is 0 Å². The molecule has 8 heteroatoms. The minimum Gasteiger partial charge on any atom is -0.353 e. The van der Waals surface area contributed by atoms with Crippen LogP contribution in [0.2, 0.25) is 10.0 Å². The molecule has 0 fully saturated rings. The fourth-order valence-corrected chi connectivity index (χ4v) is 4.49. The van der Waals surface area contributed by atoms with Crippen molar-refractivity contribution in [2.45, 2.75) is 32.4 Å². The zero-order valence-electron chi connectivity index (χ0n) is 15.6. The van der Waals surface area contributed by atoms with Crippen LogP contribution in [0.15, 0.2) is 29.6 Å². The summed E-state index contributed by atoms with van der Waals surface area (Å²) in [5, 5.41) is 8.67. The summed E-state index contributed by atoms with van der Waals surface area (Å²) in [4.78, 5) is 27.3. The number of rotatable bonds is 7. The number of nitrogens with one attached hydrogen (secondary N) is 2. The second-order valence-corrected chi connectivity index (χ2v) is 8.53. The molecule has 28 heavy (non-hydrogen) atoms. The first-order valence-electron chi connectivity index (χ1n) is 9.25. The van der Waals surface area contributed by atoms with E-state index in [2.05, 4.69) is 27.0 Å². The van der Waals surface area contributed by atoms with E-state index >= 15 is 0 Å². The highest BCUT2D eigenvalue weighted by atomic mass is 35.5. The molecule has 1 aromatic heterocycles. The van der Waals surface area contributed by atoms with Gasteiger partial charge in [-0.05, 0) is 41.1 Å². The van der Waals surface area contributed by atoms with Gasteiger partial charge in [0.2, 0.25) is 11.8 Å². The van der Waals surface area contributed by atoms with Crippen LogP contribution in [0.25, 0.3) is 0 Å². The Labute approximate surface area is 179 Å². The van der Waals surface area contributed by atoms with Gasteiger partial charge in [0.05, 0.1) is 22.6 Å². The van der Waals surface area contributed by atoms with Gasteiger partial charge in [0.25, 0.3) is 0 Å². The number of halogens is 2. The van der Waals surface area contributed by atoms with Crippen molar-refractivity contribution in [1.29, 1.82) is 0 Å². The molecule has 0 radical (unpaired) electrons. The van der Waals surface area contributed by atoms with E-state index in [1.54, 1.807) is 24.3 Å². The van der Waals surface area contributed by atoms with Gasteiger partial charge in [-0.3, -0.25) is 14.5 Å². The molecule has 1 aliphatic rings. The van der Waals surface area contributed by atoms with E-state index < -0.39 is 0 Å². The van der Waals surface area contributed by atoms with Crippen LogP contribution >= 0.6 is 34.5 Å². The maximum atomic E-state index is 12.2. The zero-order valence-corrected chi connectivity index (χ0v) is 18.0. The number of carbonyl (C=O) groups is 2. The summed E-state index contributed by atoms with van der Waals surface area (Å²) >= 11 is 14.1. The molecule has 2 N–H and O–H groups in total. The molecule has 3 rings (SSSR count). The number of hydrogen-bond donors (Lipinski definition) is 2. The molecule has 0 aliphatic carbocycles. The highest BCUT2D eigenvalue weighted by Crippen LogP contribution is 2.32. The third-order valence-corrected chi connectivity index (χ3v) is 6.63. The van der Waals surface area contributed by atoms with Crippen LogP contribution < -0.4 is 10.6 Å². The topological polar surface area (TPSA) is 61.4 Å². The molecule has 0 saturated heterocycles. The van der Waals surface area contributed by atoms with Crippen LogP contribution in [0.5, 0.6) is 0 Å². The van der Waals surface area contributed by atoms with Gasteiger partial charge >= 0.3 is 0 Å². The number of fused-ring (bicyclic) bond motifs is 1. The maximum Gasteiger partial charge on any atom is 0.239 e. The summed E-state index contributed by atoms with van der Waals surface area (Å²) in [5.74, 6) is -0.350. The molecule has 1 aromatic carbocycles. The van der Waals surface area contributed by atoms with E-state index in [0.717, 1.165) is 25.1 Å². The molecular weight excluding hydrogens is 417 g/mol. The third-order valence-electron chi connectivity index (χ3n) is 4.87. The van der Waals surface area contributed by atoms with Crippen molar-refractivity contribution >= 4 is 46.4 Å². The van der Waals surface area contributed by atoms with Crippen molar-refractivity contribution in [2.24, 2.45) is 0 Å². The van der Waals surface area contributed by atoms with Crippen LogP contribution in [0, 0.1) is 0 Å². The normalized spacial score (nSPS) is 15.0. The smallest absolute Gasteiger partial charge is 0.239 e. The molecule has 2 aromatic rings. The molecule has 2 heterocycles. The Hall–Kier alpha value is -1.60. The highest BCUT2D eigenvalue weighted by Gasteiger charge is 2.26. The summed E-state index contributed by atoms with van der Waals surface area (Å²) in [5.41, 5.74) is 2.34. The number of benzene rings is 1. The first-order chi connectivity index (χ1) is 13.5. The summed E-state index contributed by atoms with van der Waals surface area (Å²) in [6, 6.07) is 7.73. The van der Waals surface area contributed by atoms with Gasteiger partial charge in [-0.2, -0.15) is 0 Å². The molecule has 1 atom stereocenters. The van der Waals surface area contributed by atoms with E-state index in [0.29, 0.717) is 23.0 Å². The van der Waals surface area contributed by atoms with Crippen LogP contribution in [0.3, 0.4) is 0 Å². The van der Waals surface area contributed by atoms with Gasteiger partial charge in [0.1, 0.15) is 0 Å². The van der Waals surface area contributed by atoms with Crippen molar-refractivity contribution in [3.8, 4) is 0 Å². The Balaban J connectivity index is 1.72. The number of carbonyl (C=O) groups excluding carboxylic acids is 2. The number of hydrogen-bond acceptors (Lipinski definition) is 4. The Bertz CT molecular complexity index is 856. The van der Waals surface area contributed by atoms with Crippen LogP contribution in [-0.4, -0.2) is 36.3 Å². The lowest BCUT2D eigenvalue weighted by Gasteiger charge is -2.35. The highest BCUT2D eigenvalue weighted by molar-refractivity contribution is 7.10. The third kappa shape index (κ3) is 5.26. The SMILES string of the molecule is CCC(=O)NCC(=O)NCC(c1ccc(Cl)c(Cl)c1)N1CCc2sccc2C1. The second-order valence-electron chi connectivity index (χ2n) is 6.71. The molecular formula is C20H23Cl2N3O2S. The molecule has 2 amide bonds. The molecule has 150 valence electrons. The van der Waals surface area contributed by atoms with Crippen molar-refractivity contribution in [1.82, 2.24) is 15.5 Å². The zero-order chi connectivity index (χ0) is 20.1.